The molecule has 2 atom stereocenters. The monoisotopic (exact) mass is 211 g/mol. The Kier molecular flexibility index (Phi) is 5.03. The smallest absolute Gasteiger partial charge is 0.0871 e. The van der Waals surface area contributed by atoms with Crippen LogP contribution in [0.3, 0.4) is 0 Å². The van der Waals surface area contributed by atoms with Crippen molar-refractivity contribution in [2.24, 2.45) is 0 Å². The van der Waals surface area contributed by atoms with Crippen LogP contribution >= 0.6 is 0 Å². The summed E-state index contributed by atoms with van der Waals surface area (Å²) in [5.74, 6) is 0. The highest BCUT2D eigenvalue weighted by atomic mass is 16.3. The van der Waals surface area contributed by atoms with E-state index >= 15 is 0 Å². The van der Waals surface area contributed by atoms with Gasteiger partial charge in [-0.25, -0.2) is 0 Å². The topological polar surface area (TPSA) is 50.5 Å². The first-order valence-electron chi connectivity index (χ1n) is 5.65. The maximum atomic E-state index is 8.78. The number of rotatable bonds is 4. The van der Waals surface area contributed by atoms with Crippen LogP contribution in [0.1, 0.15) is 20.3 Å². The van der Waals surface area contributed by atoms with Gasteiger partial charge in [0.05, 0.1) is 12.6 Å². The van der Waals surface area contributed by atoms with Gasteiger partial charge in [0.25, 0.3) is 0 Å². The van der Waals surface area contributed by atoms with Gasteiger partial charge in [0, 0.05) is 38.3 Å². The van der Waals surface area contributed by atoms with Crippen LogP contribution < -0.4 is 0 Å². The van der Waals surface area contributed by atoms with Crippen molar-refractivity contribution in [1.82, 2.24) is 9.80 Å². The molecule has 1 saturated heterocycles. The summed E-state index contributed by atoms with van der Waals surface area (Å²) in [7, 11) is 0. The molecule has 15 heavy (non-hydrogen) atoms. The highest BCUT2D eigenvalue weighted by Gasteiger charge is 2.28. The number of nitriles is 1. The second-order valence-electron chi connectivity index (χ2n) is 4.37. The Morgan fingerprint density at radius 3 is 2.40 bits per heavy atom. The van der Waals surface area contributed by atoms with E-state index in [0.29, 0.717) is 18.6 Å². The zero-order valence-electron chi connectivity index (χ0n) is 9.69. The molecule has 1 aliphatic heterocycles. The summed E-state index contributed by atoms with van der Waals surface area (Å²) in [5, 5.41) is 17.5. The normalized spacial score (nSPS) is 28.9. The van der Waals surface area contributed by atoms with Crippen molar-refractivity contribution < 1.29 is 5.11 Å². The van der Waals surface area contributed by atoms with E-state index in [-0.39, 0.29) is 6.61 Å². The molecule has 1 aliphatic rings. The van der Waals surface area contributed by atoms with E-state index in [9.17, 15) is 0 Å². The van der Waals surface area contributed by atoms with Crippen LogP contribution in [0, 0.1) is 11.3 Å². The Balaban J connectivity index is 2.44. The summed E-state index contributed by atoms with van der Waals surface area (Å²) in [6.07, 6.45) is 0.845. The Hall–Kier alpha value is -0.630. The summed E-state index contributed by atoms with van der Waals surface area (Å²) in [5.41, 5.74) is 0. The van der Waals surface area contributed by atoms with Crippen LogP contribution in [-0.4, -0.2) is 59.8 Å². The largest absolute Gasteiger partial charge is 0.396 e. The zero-order valence-corrected chi connectivity index (χ0v) is 9.69. The number of aliphatic hydroxyl groups excluding tert-OH is 1. The molecule has 86 valence electrons. The second kappa shape index (κ2) is 6.06. The van der Waals surface area contributed by atoms with Crippen molar-refractivity contribution in [3.8, 4) is 6.07 Å². The standard InChI is InChI=1S/C11H21N3O/c1-10-8-13(5-3-7-15)9-11(2)14(10)6-4-12/h10-11,15H,3,5-9H2,1-2H3. The number of nitrogens with zero attached hydrogens (tertiary/aromatic N) is 3. The second-order valence-corrected chi connectivity index (χ2v) is 4.37. The van der Waals surface area contributed by atoms with Gasteiger partial charge in [0.2, 0.25) is 0 Å². The van der Waals surface area contributed by atoms with Crippen molar-refractivity contribution in [2.75, 3.05) is 32.8 Å². The van der Waals surface area contributed by atoms with Gasteiger partial charge in [0.15, 0.2) is 0 Å². The SMILES string of the molecule is CC1CN(CCCO)CC(C)N1CC#N. The molecule has 0 aromatic carbocycles. The Morgan fingerprint density at radius 1 is 1.33 bits per heavy atom. The molecule has 0 saturated carbocycles. The molecule has 0 aromatic heterocycles. The molecule has 0 aliphatic carbocycles. The van der Waals surface area contributed by atoms with Gasteiger partial charge in [-0.3, -0.25) is 4.90 Å². The van der Waals surface area contributed by atoms with Crippen LogP contribution in [0.15, 0.2) is 0 Å². The Morgan fingerprint density at radius 2 is 1.93 bits per heavy atom. The first-order valence-corrected chi connectivity index (χ1v) is 5.65. The van der Waals surface area contributed by atoms with Gasteiger partial charge in [-0.2, -0.15) is 5.26 Å². The van der Waals surface area contributed by atoms with E-state index < -0.39 is 0 Å². The predicted molar refractivity (Wildman–Crippen MR) is 59.4 cm³/mol. The van der Waals surface area contributed by atoms with Crippen LogP contribution in [0.2, 0.25) is 0 Å². The maximum absolute atomic E-state index is 8.78. The van der Waals surface area contributed by atoms with Crippen molar-refractivity contribution in [3.05, 3.63) is 0 Å². The first kappa shape index (κ1) is 12.4. The molecule has 0 spiro atoms. The van der Waals surface area contributed by atoms with E-state index in [0.717, 1.165) is 26.1 Å². The third-order valence-corrected chi connectivity index (χ3v) is 3.06. The van der Waals surface area contributed by atoms with Crippen molar-refractivity contribution in [2.45, 2.75) is 32.4 Å². The number of piperazine rings is 1. The van der Waals surface area contributed by atoms with Crippen LogP contribution in [-0.2, 0) is 0 Å². The van der Waals surface area contributed by atoms with E-state index in [1.807, 2.05) is 0 Å². The molecule has 0 amide bonds. The molecule has 0 radical (unpaired) electrons. The predicted octanol–water partition coefficient (Wildman–Crippen LogP) is 0.287. The van der Waals surface area contributed by atoms with E-state index in [2.05, 4.69) is 29.7 Å². The molecule has 1 heterocycles. The lowest BCUT2D eigenvalue weighted by Gasteiger charge is -2.43. The van der Waals surface area contributed by atoms with E-state index in [1.165, 1.54) is 0 Å². The van der Waals surface area contributed by atoms with Crippen molar-refractivity contribution >= 4 is 0 Å². The quantitative estimate of drug-likeness (QED) is 0.679. The van der Waals surface area contributed by atoms with Gasteiger partial charge < -0.3 is 10.0 Å². The van der Waals surface area contributed by atoms with Crippen molar-refractivity contribution in [3.63, 3.8) is 0 Å². The molecule has 0 bridgehead atoms. The molecule has 1 fully saturated rings. The average molecular weight is 211 g/mol. The lowest BCUT2D eigenvalue weighted by molar-refractivity contribution is 0.0463. The molecule has 4 heteroatoms. The lowest BCUT2D eigenvalue weighted by atomic mass is 10.1. The van der Waals surface area contributed by atoms with Crippen molar-refractivity contribution in [1.29, 1.82) is 5.26 Å². The van der Waals surface area contributed by atoms with E-state index in [1.54, 1.807) is 0 Å². The Bertz CT molecular complexity index is 214. The van der Waals surface area contributed by atoms with Crippen LogP contribution in [0.4, 0.5) is 0 Å². The van der Waals surface area contributed by atoms with Gasteiger partial charge in [-0.05, 0) is 20.3 Å². The summed E-state index contributed by atoms with van der Waals surface area (Å²) in [6, 6.07) is 3.10. The summed E-state index contributed by atoms with van der Waals surface area (Å²) < 4.78 is 0. The average Bonchev–Trinajstić information content (AvgIpc) is 2.20. The van der Waals surface area contributed by atoms with Gasteiger partial charge >= 0.3 is 0 Å². The molecule has 0 aromatic rings. The molecule has 2 unspecified atom stereocenters. The molecule has 4 nitrogen and oxygen atoms in total. The number of hydrogen-bond donors (Lipinski definition) is 1. The molecular formula is C11H21N3O. The number of hydrogen-bond acceptors (Lipinski definition) is 4. The van der Waals surface area contributed by atoms with Crippen LogP contribution in [0.25, 0.3) is 0 Å². The molecule has 1 rings (SSSR count). The Labute approximate surface area is 92.1 Å². The first-order chi connectivity index (χ1) is 7.19. The summed E-state index contributed by atoms with van der Waals surface area (Å²) >= 11 is 0. The van der Waals surface area contributed by atoms with E-state index in [4.69, 9.17) is 10.4 Å². The highest BCUT2D eigenvalue weighted by Crippen LogP contribution is 2.14. The summed E-state index contributed by atoms with van der Waals surface area (Å²) in [6.45, 7) is 8.10. The zero-order chi connectivity index (χ0) is 11.3. The number of aliphatic hydroxyl groups is 1. The fourth-order valence-corrected chi connectivity index (χ4v) is 2.34. The third-order valence-electron chi connectivity index (χ3n) is 3.06. The van der Waals surface area contributed by atoms with Crippen LogP contribution in [0.5, 0.6) is 0 Å². The van der Waals surface area contributed by atoms with Gasteiger partial charge in [-0.1, -0.05) is 0 Å². The minimum atomic E-state index is 0.265. The highest BCUT2D eigenvalue weighted by molar-refractivity contribution is 4.89. The minimum absolute atomic E-state index is 0.265. The summed E-state index contributed by atoms with van der Waals surface area (Å²) in [4.78, 5) is 4.62. The fourth-order valence-electron chi connectivity index (χ4n) is 2.34. The third kappa shape index (κ3) is 3.45. The molecular weight excluding hydrogens is 190 g/mol. The fraction of sp³-hybridized carbons (Fsp3) is 0.909. The minimum Gasteiger partial charge on any atom is -0.396 e. The van der Waals surface area contributed by atoms with Gasteiger partial charge in [0.1, 0.15) is 0 Å². The lowest BCUT2D eigenvalue weighted by Crippen LogP contribution is -2.56. The van der Waals surface area contributed by atoms with Gasteiger partial charge in [-0.15, -0.1) is 0 Å². The maximum Gasteiger partial charge on any atom is 0.0871 e. The molecule has 1 N–H and O–H groups in total.